The Kier molecular flexibility index (Phi) is 7.75. The zero-order valence-electron chi connectivity index (χ0n) is 19.3. The number of anilines is 1. The number of rotatable bonds is 8. The molecule has 1 unspecified atom stereocenters. The fraction of sp³-hybridized carbons (Fsp3) is 0.727. The van der Waals surface area contributed by atoms with Crippen LogP contribution in [0, 0.1) is 5.92 Å². The van der Waals surface area contributed by atoms with Crippen LogP contribution in [0.1, 0.15) is 50.0 Å². The molecule has 0 radical (unpaired) electrons. The van der Waals surface area contributed by atoms with Gasteiger partial charge in [0.2, 0.25) is 10.1 Å². The summed E-state index contributed by atoms with van der Waals surface area (Å²) < 4.78 is 1.53. The van der Waals surface area contributed by atoms with Crippen LogP contribution < -0.4 is 15.8 Å². The zero-order chi connectivity index (χ0) is 22.5. The lowest BCUT2D eigenvalue weighted by Crippen LogP contribution is -2.47. The van der Waals surface area contributed by atoms with Crippen molar-refractivity contribution in [1.29, 1.82) is 0 Å². The third-order valence-corrected chi connectivity index (χ3v) is 7.31. The van der Waals surface area contributed by atoms with Crippen LogP contribution in [0.25, 0.3) is 4.96 Å². The number of hydrogen-bond donors (Lipinski definition) is 1. The summed E-state index contributed by atoms with van der Waals surface area (Å²) in [6, 6.07) is 1.29. The lowest BCUT2D eigenvalue weighted by molar-refractivity contribution is 0.0940. The van der Waals surface area contributed by atoms with Crippen LogP contribution in [-0.4, -0.2) is 89.2 Å². The van der Waals surface area contributed by atoms with E-state index in [0.29, 0.717) is 17.4 Å². The van der Waals surface area contributed by atoms with E-state index in [1.807, 2.05) is 0 Å². The van der Waals surface area contributed by atoms with Gasteiger partial charge in [0.05, 0.1) is 0 Å². The number of amides is 1. The highest BCUT2D eigenvalue weighted by Crippen LogP contribution is 2.27. The van der Waals surface area contributed by atoms with Crippen LogP contribution in [0.2, 0.25) is 0 Å². The van der Waals surface area contributed by atoms with E-state index in [4.69, 9.17) is 0 Å². The van der Waals surface area contributed by atoms with Crippen LogP contribution in [0.4, 0.5) is 5.13 Å². The maximum atomic E-state index is 12.8. The Morgan fingerprint density at radius 3 is 2.66 bits per heavy atom. The Balaban J connectivity index is 1.33. The summed E-state index contributed by atoms with van der Waals surface area (Å²) in [7, 11) is 0. The number of nitrogens with one attached hydrogen (secondary N) is 1. The van der Waals surface area contributed by atoms with Gasteiger partial charge in [-0.05, 0) is 44.7 Å². The smallest absolute Gasteiger partial charge is 0.274 e. The molecule has 4 heterocycles. The first-order chi connectivity index (χ1) is 15.5. The van der Waals surface area contributed by atoms with Crippen molar-refractivity contribution in [2.24, 2.45) is 5.92 Å². The fourth-order valence-electron chi connectivity index (χ4n) is 4.61. The van der Waals surface area contributed by atoms with E-state index in [-0.39, 0.29) is 11.6 Å². The number of aromatic nitrogens is 3. The van der Waals surface area contributed by atoms with E-state index in [1.54, 1.807) is 0 Å². The van der Waals surface area contributed by atoms with Crippen LogP contribution in [0.3, 0.4) is 0 Å². The molecule has 0 spiro atoms. The number of piperazine rings is 1. The molecule has 1 amide bonds. The van der Waals surface area contributed by atoms with Crippen LogP contribution in [-0.2, 0) is 0 Å². The molecule has 2 aliphatic rings. The highest BCUT2D eigenvalue weighted by Gasteiger charge is 2.22. The Labute approximate surface area is 193 Å². The first-order valence-electron chi connectivity index (χ1n) is 11.9. The van der Waals surface area contributed by atoms with Crippen molar-refractivity contribution in [3.05, 3.63) is 22.1 Å². The minimum atomic E-state index is -0.401. The molecule has 9 nitrogen and oxygen atoms in total. The SMILES string of the molecule is CCCN1CCN(CCCNC(=O)c2cc(=O)nc3sc(N4CCCC(C)C4)nn23)CC1. The molecule has 0 saturated carbocycles. The Morgan fingerprint density at radius 1 is 1.19 bits per heavy atom. The number of piperidine rings is 1. The summed E-state index contributed by atoms with van der Waals surface area (Å²) in [5.74, 6) is 0.345. The molecular formula is C22H35N7O2S. The molecule has 2 saturated heterocycles. The van der Waals surface area contributed by atoms with Gasteiger partial charge in [0.1, 0.15) is 5.69 Å². The maximum absolute atomic E-state index is 12.8. The third-order valence-electron chi connectivity index (χ3n) is 6.35. The van der Waals surface area contributed by atoms with Crippen molar-refractivity contribution < 1.29 is 4.79 Å². The summed E-state index contributed by atoms with van der Waals surface area (Å²) in [6.07, 6.45) is 4.44. The van der Waals surface area contributed by atoms with Crippen molar-refractivity contribution in [3.8, 4) is 0 Å². The van der Waals surface area contributed by atoms with Gasteiger partial charge in [0, 0.05) is 51.9 Å². The average molecular weight is 462 g/mol. The molecule has 1 atom stereocenters. The molecule has 2 aromatic rings. The number of carbonyl (C=O) groups is 1. The monoisotopic (exact) mass is 461 g/mol. The number of hydrogen-bond acceptors (Lipinski definition) is 8. The number of fused-ring (bicyclic) bond motifs is 1. The second kappa shape index (κ2) is 10.7. The summed E-state index contributed by atoms with van der Waals surface area (Å²) >= 11 is 1.38. The van der Waals surface area contributed by atoms with Crippen molar-refractivity contribution in [3.63, 3.8) is 0 Å². The van der Waals surface area contributed by atoms with Crippen LogP contribution >= 0.6 is 11.3 Å². The molecular weight excluding hydrogens is 426 g/mol. The quantitative estimate of drug-likeness (QED) is 0.597. The topological polar surface area (TPSA) is 86.1 Å². The fourth-order valence-corrected chi connectivity index (χ4v) is 5.55. The maximum Gasteiger partial charge on any atom is 0.274 e. The summed E-state index contributed by atoms with van der Waals surface area (Å²) in [4.78, 5) is 36.7. The first-order valence-corrected chi connectivity index (χ1v) is 12.7. The molecule has 176 valence electrons. The Bertz CT molecular complexity index is 967. The normalized spacial score (nSPS) is 20.7. The highest BCUT2D eigenvalue weighted by atomic mass is 32.1. The molecule has 2 fully saturated rings. The molecule has 4 rings (SSSR count). The van der Waals surface area contributed by atoms with Gasteiger partial charge in [-0.25, -0.2) is 0 Å². The van der Waals surface area contributed by atoms with Gasteiger partial charge in [-0.2, -0.15) is 9.50 Å². The zero-order valence-corrected chi connectivity index (χ0v) is 20.1. The van der Waals surface area contributed by atoms with Crippen LogP contribution in [0.5, 0.6) is 0 Å². The molecule has 32 heavy (non-hydrogen) atoms. The predicted octanol–water partition coefficient (Wildman–Crippen LogP) is 1.53. The van der Waals surface area contributed by atoms with Gasteiger partial charge < -0.3 is 20.0 Å². The van der Waals surface area contributed by atoms with Gasteiger partial charge in [0.15, 0.2) is 0 Å². The third kappa shape index (κ3) is 5.65. The van der Waals surface area contributed by atoms with E-state index < -0.39 is 5.56 Å². The lowest BCUT2D eigenvalue weighted by Gasteiger charge is -2.34. The van der Waals surface area contributed by atoms with E-state index in [9.17, 15) is 9.59 Å². The van der Waals surface area contributed by atoms with Crippen LogP contribution in [0.15, 0.2) is 10.9 Å². The lowest BCUT2D eigenvalue weighted by atomic mass is 10.0. The number of nitrogens with zero attached hydrogens (tertiary/aromatic N) is 6. The molecule has 2 aliphatic heterocycles. The van der Waals surface area contributed by atoms with E-state index in [1.165, 1.54) is 41.3 Å². The minimum Gasteiger partial charge on any atom is -0.351 e. The van der Waals surface area contributed by atoms with Gasteiger partial charge in [-0.3, -0.25) is 9.59 Å². The van der Waals surface area contributed by atoms with E-state index in [2.05, 4.69) is 43.9 Å². The second-order valence-corrected chi connectivity index (χ2v) is 9.98. The standard InChI is InChI=1S/C22H35N7O2S/c1-3-8-26-11-13-27(14-12-26)9-5-7-23-20(31)18-15-19(30)24-21-29(18)25-22(32-21)28-10-4-6-17(2)16-28/h15,17H,3-14,16H2,1-2H3,(H,23,31). The highest BCUT2D eigenvalue weighted by molar-refractivity contribution is 7.20. The van der Waals surface area contributed by atoms with Crippen molar-refractivity contribution in [2.45, 2.75) is 39.5 Å². The summed E-state index contributed by atoms with van der Waals surface area (Å²) in [5, 5.41) is 8.44. The predicted molar refractivity (Wildman–Crippen MR) is 128 cm³/mol. The Morgan fingerprint density at radius 2 is 1.94 bits per heavy atom. The molecule has 10 heteroatoms. The first kappa shape index (κ1) is 23.1. The van der Waals surface area contributed by atoms with Gasteiger partial charge in [-0.15, -0.1) is 5.10 Å². The number of carbonyl (C=O) groups excluding carboxylic acids is 1. The van der Waals surface area contributed by atoms with E-state index in [0.717, 1.165) is 63.8 Å². The molecule has 1 N–H and O–H groups in total. The summed E-state index contributed by atoms with van der Waals surface area (Å²) in [6.45, 7) is 13.5. The van der Waals surface area contributed by atoms with Gasteiger partial charge in [-0.1, -0.05) is 25.2 Å². The molecule has 0 bridgehead atoms. The Hall–Kier alpha value is -2.04. The molecule has 0 aliphatic carbocycles. The van der Waals surface area contributed by atoms with E-state index >= 15 is 0 Å². The van der Waals surface area contributed by atoms with Crippen molar-refractivity contribution in [2.75, 3.05) is 63.8 Å². The minimum absolute atomic E-state index is 0.265. The second-order valence-electron chi connectivity index (χ2n) is 9.04. The van der Waals surface area contributed by atoms with Crippen molar-refractivity contribution >= 4 is 27.3 Å². The average Bonchev–Trinajstić information content (AvgIpc) is 3.21. The molecule has 0 aromatic carbocycles. The molecule has 2 aromatic heterocycles. The van der Waals surface area contributed by atoms with Gasteiger partial charge in [0.25, 0.3) is 11.5 Å². The largest absolute Gasteiger partial charge is 0.351 e. The van der Waals surface area contributed by atoms with Crippen molar-refractivity contribution in [1.82, 2.24) is 29.7 Å². The summed E-state index contributed by atoms with van der Waals surface area (Å²) in [5.41, 5.74) is -0.136. The van der Waals surface area contributed by atoms with Gasteiger partial charge >= 0.3 is 0 Å².